The normalized spacial score (nSPS) is 11.7. The number of nitrogens with zero attached hydrogens (tertiary/aromatic N) is 5. The van der Waals surface area contributed by atoms with Crippen molar-refractivity contribution in [2.75, 3.05) is 13.6 Å². The van der Waals surface area contributed by atoms with Crippen LogP contribution in [-0.2, 0) is 6.54 Å². The van der Waals surface area contributed by atoms with E-state index in [4.69, 9.17) is 4.98 Å². The van der Waals surface area contributed by atoms with Crippen LogP contribution in [0.3, 0.4) is 0 Å². The molecule has 1 aromatic carbocycles. The number of unbranched alkanes of at least 4 members (excludes halogenated alkanes) is 1. The van der Waals surface area contributed by atoms with Gasteiger partial charge in [0.05, 0.1) is 11.9 Å². The summed E-state index contributed by atoms with van der Waals surface area (Å²) in [6.07, 6.45) is 8.04. The standard InChI is InChI=1S/C26H31N5/c1-5-6-14-30(4)18-20-8-7-9-22(15-20)25-16-23(21-10-12-27-13-11-21)24-17-28-31(19(2)3)26(24)29-25/h7-13,15-17,19H,5-6,14,18H2,1-4H3. The van der Waals surface area contributed by atoms with Gasteiger partial charge >= 0.3 is 0 Å². The number of fused-ring (bicyclic) bond motifs is 1. The molecule has 0 fully saturated rings. The Morgan fingerprint density at radius 1 is 1.03 bits per heavy atom. The number of hydrogen-bond acceptors (Lipinski definition) is 4. The highest BCUT2D eigenvalue weighted by atomic mass is 15.3. The second kappa shape index (κ2) is 9.40. The molecule has 0 aliphatic rings. The third kappa shape index (κ3) is 4.67. The summed E-state index contributed by atoms with van der Waals surface area (Å²) in [5.41, 5.74) is 6.60. The quantitative estimate of drug-likeness (QED) is 0.357. The van der Waals surface area contributed by atoms with Crippen molar-refractivity contribution in [1.29, 1.82) is 0 Å². The average molecular weight is 414 g/mol. The number of benzene rings is 1. The van der Waals surface area contributed by atoms with Gasteiger partial charge in [-0.1, -0.05) is 31.5 Å². The lowest BCUT2D eigenvalue weighted by Gasteiger charge is -2.17. The highest BCUT2D eigenvalue weighted by molar-refractivity contribution is 5.95. The summed E-state index contributed by atoms with van der Waals surface area (Å²) >= 11 is 0. The molecule has 0 aliphatic carbocycles. The Labute approximate surface area is 184 Å². The van der Waals surface area contributed by atoms with E-state index in [0.29, 0.717) is 0 Å². The third-order valence-electron chi connectivity index (χ3n) is 5.62. The van der Waals surface area contributed by atoms with Crippen LogP contribution in [0.1, 0.15) is 45.2 Å². The first-order valence-corrected chi connectivity index (χ1v) is 11.1. The molecule has 0 unspecified atom stereocenters. The molecule has 0 N–H and O–H groups in total. The van der Waals surface area contributed by atoms with Gasteiger partial charge in [0.2, 0.25) is 0 Å². The van der Waals surface area contributed by atoms with Gasteiger partial charge in [-0.3, -0.25) is 4.98 Å². The zero-order chi connectivity index (χ0) is 21.8. The van der Waals surface area contributed by atoms with Crippen molar-refractivity contribution in [3.63, 3.8) is 0 Å². The molecule has 0 saturated carbocycles. The Morgan fingerprint density at radius 2 is 1.84 bits per heavy atom. The van der Waals surface area contributed by atoms with Crippen LogP contribution in [0.4, 0.5) is 0 Å². The maximum absolute atomic E-state index is 5.05. The van der Waals surface area contributed by atoms with Gasteiger partial charge < -0.3 is 4.90 Å². The molecule has 0 spiro atoms. The van der Waals surface area contributed by atoms with Gasteiger partial charge in [0.15, 0.2) is 5.65 Å². The van der Waals surface area contributed by atoms with Crippen molar-refractivity contribution >= 4 is 11.0 Å². The molecule has 5 heteroatoms. The van der Waals surface area contributed by atoms with Gasteiger partial charge in [0.1, 0.15) is 0 Å². The summed E-state index contributed by atoms with van der Waals surface area (Å²) < 4.78 is 2.01. The molecule has 0 bridgehead atoms. The molecule has 3 heterocycles. The molecule has 4 rings (SSSR count). The molecule has 0 radical (unpaired) electrons. The molecular formula is C26H31N5. The maximum atomic E-state index is 5.05. The second-order valence-corrected chi connectivity index (χ2v) is 8.50. The molecule has 0 saturated heterocycles. The Morgan fingerprint density at radius 3 is 2.58 bits per heavy atom. The van der Waals surface area contributed by atoms with Crippen molar-refractivity contribution in [1.82, 2.24) is 24.6 Å². The average Bonchev–Trinajstić information content (AvgIpc) is 3.22. The Kier molecular flexibility index (Phi) is 6.42. The lowest BCUT2D eigenvalue weighted by molar-refractivity contribution is 0.321. The SMILES string of the molecule is CCCCN(C)Cc1cccc(-c2cc(-c3ccncc3)c3cnn(C(C)C)c3n2)c1. The summed E-state index contributed by atoms with van der Waals surface area (Å²) in [6, 6.07) is 15.3. The van der Waals surface area contributed by atoms with E-state index in [-0.39, 0.29) is 6.04 Å². The minimum atomic E-state index is 0.240. The van der Waals surface area contributed by atoms with Crippen LogP contribution in [0.2, 0.25) is 0 Å². The molecule has 31 heavy (non-hydrogen) atoms. The van der Waals surface area contributed by atoms with Gasteiger partial charge in [-0.05, 0) is 74.8 Å². The van der Waals surface area contributed by atoms with Gasteiger partial charge in [-0.2, -0.15) is 5.10 Å². The first kappa shape index (κ1) is 21.2. The minimum absolute atomic E-state index is 0.240. The van der Waals surface area contributed by atoms with Crippen LogP contribution < -0.4 is 0 Å². The van der Waals surface area contributed by atoms with Crippen LogP contribution in [0.15, 0.2) is 61.1 Å². The largest absolute Gasteiger partial charge is 0.302 e. The molecule has 0 atom stereocenters. The third-order valence-corrected chi connectivity index (χ3v) is 5.62. The fourth-order valence-corrected chi connectivity index (χ4v) is 3.96. The fraction of sp³-hybridized carbons (Fsp3) is 0.346. The molecule has 3 aromatic heterocycles. The molecule has 160 valence electrons. The van der Waals surface area contributed by atoms with E-state index in [1.807, 2.05) is 35.4 Å². The van der Waals surface area contributed by atoms with Crippen molar-refractivity contribution in [2.45, 2.75) is 46.2 Å². The van der Waals surface area contributed by atoms with Crippen LogP contribution in [0, 0.1) is 0 Å². The molecule has 4 aromatic rings. The first-order valence-electron chi connectivity index (χ1n) is 11.1. The highest BCUT2D eigenvalue weighted by Crippen LogP contribution is 2.33. The lowest BCUT2D eigenvalue weighted by Crippen LogP contribution is -2.18. The second-order valence-electron chi connectivity index (χ2n) is 8.50. The van der Waals surface area contributed by atoms with Crippen molar-refractivity contribution in [3.05, 3.63) is 66.6 Å². The molecular weight excluding hydrogens is 382 g/mol. The van der Waals surface area contributed by atoms with Crippen LogP contribution in [0.5, 0.6) is 0 Å². The fourth-order valence-electron chi connectivity index (χ4n) is 3.96. The number of aromatic nitrogens is 4. The first-order chi connectivity index (χ1) is 15.1. The van der Waals surface area contributed by atoms with Gasteiger partial charge in [0.25, 0.3) is 0 Å². The van der Waals surface area contributed by atoms with Crippen LogP contribution in [-0.4, -0.2) is 38.2 Å². The number of hydrogen-bond donors (Lipinski definition) is 0. The zero-order valence-corrected chi connectivity index (χ0v) is 18.9. The van der Waals surface area contributed by atoms with E-state index in [9.17, 15) is 0 Å². The predicted octanol–water partition coefficient (Wildman–Crippen LogP) is 5.97. The van der Waals surface area contributed by atoms with E-state index in [2.05, 4.69) is 73.1 Å². The topological polar surface area (TPSA) is 46.8 Å². The summed E-state index contributed by atoms with van der Waals surface area (Å²) in [5.74, 6) is 0. The number of pyridine rings is 2. The Balaban J connectivity index is 1.79. The van der Waals surface area contributed by atoms with E-state index >= 15 is 0 Å². The smallest absolute Gasteiger partial charge is 0.159 e. The lowest BCUT2D eigenvalue weighted by atomic mass is 10.0. The van der Waals surface area contributed by atoms with Gasteiger partial charge in [0, 0.05) is 35.9 Å². The summed E-state index contributed by atoms with van der Waals surface area (Å²) in [7, 11) is 2.19. The maximum Gasteiger partial charge on any atom is 0.159 e. The molecule has 0 amide bonds. The van der Waals surface area contributed by atoms with Crippen molar-refractivity contribution in [3.8, 4) is 22.4 Å². The summed E-state index contributed by atoms with van der Waals surface area (Å²) in [6.45, 7) is 8.57. The Hall–Kier alpha value is -3.05. The van der Waals surface area contributed by atoms with E-state index in [1.54, 1.807) is 0 Å². The van der Waals surface area contributed by atoms with Crippen LogP contribution >= 0.6 is 0 Å². The number of rotatable bonds is 8. The van der Waals surface area contributed by atoms with Gasteiger partial charge in [-0.15, -0.1) is 0 Å². The Bertz CT molecular complexity index is 1150. The highest BCUT2D eigenvalue weighted by Gasteiger charge is 2.15. The van der Waals surface area contributed by atoms with Gasteiger partial charge in [-0.25, -0.2) is 9.67 Å². The minimum Gasteiger partial charge on any atom is -0.302 e. The monoisotopic (exact) mass is 413 g/mol. The zero-order valence-electron chi connectivity index (χ0n) is 18.9. The van der Waals surface area contributed by atoms with E-state index in [0.717, 1.165) is 46.5 Å². The molecule has 0 aliphatic heterocycles. The van der Waals surface area contributed by atoms with Crippen LogP contribution in [0.25, 0.3) is 33.4 Å². The van der Waals surface area contributed by atoms with Crippen molar-refractivity contribution in [2.24, 2.45) is 0 Å². The van der Waals surface area contributed by atoms with Crippen molar-refractivity contribution < 1.29 is 0 Å². The van der Waals surface area contributed by atoms with E-state index < -0.39 is 0 Å². The van der Waals surface area contributed by atoms with E-state index in [1.165, 1.54) is 18.4 Å². The summed E-state index contributed by atoms with van der Waals surface area (Å²) in [4.78, 5) is 11.6. The predicted molar refractivity (Wildman–Crippen MR) is 128 cm³/mol. The summed E-state index contributed by atoms with van der Waals surface area (Å²) in [5, 5.41) is 5.70. The molecule has 5 nitrogen and oxygen atoms in total.